The molecule has 1 rings (SSSR count). The Morgan fingerprint density at radius 1 is 0.667 bits per heavy atom. The van der Waals surface area contributed by atoms with Crippen LogP contribution in [-0.4, -0.2) is 24.4 Å². The van der Waals surface area contributed by atoms with Gasteiger partial charge in [-0.2, -0.15) is 0 Å². The van der Waals surface area contributed by atoms with Gasteiger partial charge in [-0.1, -0.05) is 35.9 Å². The van der Waals surface area contributed by atoms with Crippen LogP contribution in [0.2, 0.25) is 0 Å². The molecule has 0 unspecified atom stereocenters. The van der Waals surface area contributed by atoms with Crippen LogP contribution >= 0.6 is 0 Å². The van der Waals surface area contributed by atoms with Crippen LogP contribution in [0.3, 0.4) is 0 Å². The Bertz CT molecular complexity index is 153. The van der Waals surface area contributed by atoms with Crippen molar-refractivity contribution in [2.24, 2.45) is 0 Å². The Balaban J connectivity index is -0.0000000102. The number of halogens is 6. The molecule has 100 valence electrons. The quantitative estimate of drug-likeness (QED) is 0.561. The van der Waals surface area contributed by atoms with E-state index in [1.807, 2.05) is 18.2 Å². The fourth-order valence-corrected chi connectivity index (χ4v) is 0.534. The van der Waals surface area contributed by atoms with Gasteiger partial charge in [0, 0.05) is 0 Å². The number of hydrogen-bond acceptors (Lipinski definition) is 1. The molecule has 8 heteroatoms. The van der Waals surface area contributed by atoms with Gasteiger partial charge in [-0.3, -0.25) is 28.2 Å². The van der Waals surface area contributed by atoms with Gasteiger partial charge in [0.25, 0.3) is 0 Å². The zero-order valence-corrected chi connectivity index (χ0v) is 12.3. The van der Waals surface area contributed by atoms with Crippen molar-refractivity contribution < 1.29 is 28.2 Å². The third-order valence-electron chi connectivity index (χ3n) is 0.940. The summed E-state index contributed by atoms with van der Waals surface area (Å²) in [7, 11) is 0. The summed E-state index contributed by atoms with van der Waals surface area (Å²) in [5.41, 5.74) is 1.32. The standard InChI is InChI=1S/C7H8.6FH.H3N.Sb.3H/c1-7-5-3-2-4-6-7;;;;;;;;;;;/h2-6H,1H3;6*1H;1H3;;;;. The summed E-state index contributed by atoms with van der Waals surface area (Å²) in [5, 5.41) is 0. The third-order valence-corrected chi connectivity index (χ3v) is 0.940. The molecule has 0 aliphatic carbocycles. The molecule has 0 heterocycles. The van der Waals surface area contributed by atoms with Crippen LogP contribution in [0.15, 0.2) is 30.3 Å². The van der Waals surface area contributed by atoms with Crippen LogP contribution in [0.1, 0.15) is 5.56 Å². The molecule has 0 saturated heterocycles. The summed E-state index contributed by atoms with van der Waals surface area (Å²) in [6.45, 7) is 2.08. The van der Waals surface area contributed by atoms with Crippen molar-refractivity contribution in [2.45, 2.75) is 6.92 Å². The molecule has 0 aliphatic heterocycles. The van der Waals surface area contributed by atoms with E-state index in [0.29, 0.717) is 0 Å². The van der Waals surface area contributed by atoms with Gasteiger partial charge in [-0.15, -0.1) is 0 Å². The van der Waals surface area contributed by atoms with Crippen molar-refractivity contribution in [1.82, 2.24) is 6.15 Å². The van der Waals surface area contributed by atoms with Gasteiger partial charge in [-0.05, 0) is 6.92 Å². The van der Waals surface area contributed by atoms with Crippen LogP contribution in [0.25, 0.3) is 0 Å². The normalized spacial score (nSPS) is 4.07. The molecule has 0 bridgehead atoms. The first-order valence-electron chi connectivity index (χ1n) is 2.41. The molecule has 0 saturated carbocycles. The molecule has 0 spiro atoms. The molecule has 0 radical (unpaired) electrons. The van der Waals surface area contributed by atoms with E-state index in [-0.39, 0.29) is 58.8 Å². The van der Waals surface area contributed by atoms with Crippen molar-refractivity contribution in [2.75, 3.05) is 0 Å². The average molecular weight is 354 g/mol. The Labute approximate surface area is 102 Å². The number of hydrogen-bond donors (Lipinski definition) is 1. The summed E-state index contributed by atoms with van der Waals surface area (Å²) >= 11 is 0. The summed E-state index contributed by atoms with van der Waals surface area (Å²) in [5.74, 6) is 0. The second kappa shape index (κ2) is 37.4. The molecule has 0 atom stereocenters. The van der Waals surface area contributed by atoms with E-state index in [1.54, 1.807) is 0 Å². The van der Waals surface area contributed by atoms with Gasteiger partial charge in [0.1, 0.15) is 0 Å². The predicted octanol–water partition coefficient (Wildman–Crippen LogP) is 1.89. The van der Waals surface area contributed by atoms with Crippen molar-refractivity contribution >= 4 is 24.4 Å². The molecule has 1 aromatic carbocycles. The second-order valence-corrected chi connectivity index (χ2v) is 1.65. The van der Waals surface area contributed by atoms with Gasteiger partial charge in [-0.25, -0.2) is 0 Å². The fourth-order valence-electron chi connectivity index (χ4n) is 0.534. The van der Waals surface area contributed by atoms with Crippen molar-refractivity contribution in [3.8, 4) is 0 Å². The number of rotatable bonds is 0. The zero-order chi connectivity index (χ0) is 5.11. The van der Waals surface area contributed by atoms with Crippen molar-refractivity contribution in [3.63, 3.8) is 0 Å². The topological polar surface area (TPSA) is 35.0 Å². The first kappa shape index (κ1) is 62.1. The van der Waals surface area contributed by atoms with Crippen LogP contribution in [0.4, 0.5) is 28.2 Å². The molecule has 0 fully saturated rings. The van der Waals surface area contributed by atoms with Gasteiger partial charge < -0.3 is 6.15 Å². The van der Waals surface area contributed by atoms with Crippen molar-refractivity contribution in [3.05, 3.63) is 35.9 Å². The Kier molecular flexibility index (Phi) is 155. The number of aryl methyl sites for hydroxylation is 1. The Morgan fingerprint density at radius 2 is 0.933 bits per heavy atom. The molecule has 15 heavy (non-hydrogen) atoms. The fraction of sp³-hybridized carbons (Fsp3) is 0.143. The predicted molar refractivity (Wildman–Crippen MR) is 61.2 cm³/mol. The summed E-state index contributed by atoms with van der Waals surface area (Å²) in [6, 6.07) is 10.3. The van der Waals surface area contributed by atoms with E-state index in [4.69, 9.17) is 0 Å². The maximum atomic E-state index is 2.08. The van der Waals surface area contributed by atoms with E-state index >= 15 is 0 Å². The first-order valence-corrected chi connectivity index (χ1v) is 2.41. The van der Waals surface area contributed by atoms with Gasteiger partial charge >= 0.3 is 24.4 Å². The maximum absolute atomic E-state index is 2.08. The molecule has 0 aromatic heterocycles. The summed E-state index contributed by atoms with van der Waals surface area (Å²) in [4.78, 5) is 0. The monoisotopic (exact) mass is 353 g/mol. The van der Waals surface area contributed by atoms with Crippen molar-refractivity contribution in [1.29, 1.82) is 0 Å². The average Bonchev–Trinajstić information content (AvgIpc) is 1.69. The van der Waals surface area contributed by atoms with Crippen LogP contribution < -0.4 is 6.15 Å². The van der Waals surface area contributed by atoms with E-state index < -0.39 is 0 Å². The minimum atomic E-state index is 0. The van der Waals surface area contributed by atoms with E-state index in [2.05, 4.69) is 19.1 Å². The van der Waals surface area contributed by atoms with Gasteiger partial charge in [0.15, 0.2) is 0 Å². The van der Waals surface area contributed by atoms with Crippen LogP contribution in [0.5, 0.6) is 0 Å². The van der Waals surface area contributed by atoms with E-state index in [1.165, 1.54) is 5.56 Å². The molecule has 1 aromatic rings. The molecule has 1 nitrogen and oxygen atoms in total. The zero-order valence-electron chi connectivity index (χ0n) is 8.25. The van der Waals surface area contributed by atoms with Crippen LogP contribution in [-0.2, 0) is 0 Å². The van der Waals surface area contributed by atoms with Gasteiger partial charge in [0.2, 0.25) is 0 Å². The minimum absolute atomic E-state index is 0. The van der Waals surface area contributed by atoms with E-state index in [9.17, 15) is 0 Å². The number of benzene rings is 1. The van der Waals surface area contributed by atoms with E-state index in [0.717, 1.165) is 0 Å². The summed E-state index contributed by atoms with van der Waals surface area (Å²) in [6.07, 6.45) is 0. The summed E-state index contributed by atoms with van der Waals surface area (Å²) < 4.78 is 0. The molecule has 3 N–H and O–H groups in total. The first-order chi connectivity index (χ1) is 3.39. The Hall–Kier alpha value is -0.422. The molecular weight excluding hydrogens is 334 g/mol. The van der Waals surface area contributed by atoms with Crippen LogP contribution in [0, 0.1) is 6.92 Å². The Morgan fingerprint density at radius 3 is 1.07 bits per heavy atom. The molecule has 0 aliphatic rings. The molecular formula is C7H20F6NSb. The van der Waals surface area contributed by atoms with Gasteiger partial charge in [0.05, 0.1) is 0 Å². The second-order valence-electron chi connectivity index (χ2n) is 1.65. The third kappa shape index (κ3) is 31.7. The SMILES string of the molecule is Cc1ccccc1.F.F.F.F.F.F.N.[SbH3]. The molecule has 0 amide bonds.